The van der Waals surface area contributed by atoms with E-state index in [1.165, 1.54) is 6.92 Å². The average Bonchev–Trinajstić information content (AvgIpc) is 2.53. The zero-order chi connectivity index (χ0) is 19.3. The fourth-order valence-corrected chi connectivity index (χ4v) is 2.04. The Balaban J connectivity index is 1.94. The lowest BCUT2D eigenvalue weighted by molar-refractivity contribution is -0.274. The second-order valence-electron chi connectivity index (χ2n) is 5.48. The number of anilines is 1. The number of halogens is 3. The lowest BCUT2D eigenvalue weighted by Gasteiger charge is -2.14. The molecule has 0 saturated carbocycles. The highest BCUT2D eigenvalue weighted by molar-refractivity contribution is 5.97. The summed E-state index contributed by atoms with van der Waals surface area (Å²) in [6, 6.07) is 11.3. The highest BCUT2D eigenvalue weighted by atomic mass is 19.4. The molecular formula is C18H16F3NO4. The number of esters is 1. The van der Waals surface area contributed by atoms with Crippen molar-refractivity contribution < 1.29 is 32.2 Å². The van der Waals surface area contributed by atoms with Crippen molar-refractivity contribution in [3.05, 3.63) is 59.7 Å². The summed E-state index contributed by atoms with van der Waals surface area (Å²) in [6.07, 6.45) is -5.90. The largest absolute Gasteiger partial charge is 0.573 e. The number of alkyl halides is 3. The minimum Gasteiger partial charge on any atom is -0.449 e. The van der Waals surface area contributed by atoms with Crippen molar-refractivity contribution in [3.63, 3.8) is 0 Å². The summed E-state index contributed by atoms with van der Waals surface area (Å²) >= 11 is 0. The van der Waals surface area contributed by atoms with Crippen molar-refractivity contribution in [3.8, 4) is 5.75 Å². The molecule has 0 heterocycles. The van der Waals surface area contributed by atoms with Gasteiger partial charge in [-0.3, -0.25) is 4.79 Å². The van der Waals surface area contributed by atoms with Gasteiger partial charge in [-0.15, -0.1) is 13.2 Å². The first-order valence-corrected chi connectivity index (χ1v) is 7.58. The van der Waals surface area contributed by atoms with E-state index < -0.39 is 30.1 Å². The summed E-state index contributed by atoms with van der Waals surface area (Å²) < 4.78 is 45.1. The minimum absolute atomic E-state index is 0.00488. The van der Waals surface area contributed by atoms with Crippen LogP contribution < -0.4 is 10.1 Å². The van der Waals surface area contributed by atoms with Crippen LogP contribution in [0, 0.1) is 6.92 Å². The molecule has 0 aromatic heterocycles. The maximum Gasteiger partial charge on any atom is 0.573 e. The third kappa shape index (κ3) is 5.80. The van der Waals surface area contributed by atoms with Gasteiger partial charge in [-0.1, -0.05) is 12.1 Å². The van der Waals surface area contributed by atoms with Crippen LogP contribution in [-0.2, 0) is 9.53 Å². The lowest BCUT2D eigenvalue weighted by atomic mass is 10.2. The quantitative estimate of drug-likeness (QED) is 0.809. The molecule has 1 atom stereocenters. The topological polar surface area (TPSA) is 64.6 Å². The minimum atomic E-state index is -4.82. The number of rotatable bonds is 5. The van der Waals surface area contributed by atoms with Crippen molar-refractivity contribution in [2.45, 2.75) is 26.3 Å². The van der Waals surface area contributed by atoms with Crippen molar-refractivity contribution in [1.82, 2.24) is 0 Å². The number of hydrogen-bond donors (Lipinski definition) is 1. The Kier molecular flexibility index (Phi) is 5.86. The van der Waals surface area contributed by atoms with Crippen LogP contribution in [0.4, 0.5) is 18.9 Å². The molecule has 0 unspecified atom stereocenters. The predicted molar refractivity (Wildman–Crippen MR) is 87.8 cm³/mol. The summed E-state index contributed by atoms with van der Waals surface area (Å²) in [4.78, 5) is 24.1. The first-order chi connectivity index (χ1) is 12.1. The van der Waals surface area contributed by atoms with E-state index in [4.69, 9.17) is 4.74 Å². The number of hydrogen-bond acceptors (Lipinski definition) is 4. The second-order valence-corrected chi connectivity index (χ2v) is 5.48. The zero-order valence-electron chi connectivity index (χ0n) is 14.0. The van der Waals surface area contributed by atoms with Crippen LogP contribution in [-0.4, -0.2) is 24.3 Å². The van der Waals surface area contributed by atoms with E-state index in [0.717, 1.165) is 29.8 Å². The van der Waals surface area contributed by atoms with E-state index in [1.54, 1.807) is 18.2 Å². The summed E-state index contributed by atoms with van der Waals surface area (Å²) in [7, 11) is 0. The Morgan fingerprint density at radius 1 is 1.08 bits per heavy atom. The second kappa shape index (κ2) is 7.90. The van der Waals surface area contributed by atoms with E-state index in [2.05, 4.69) is 10.1 Å². The lowest BCUT2D eigenvalue weighted by Crippen LogP contribution is -2.30. The maximum absolute atomic E-state index is 12.1. The zero-order valence-corrected chi connectivity index (χ0v) is 14.0. The van der Waals surface area contributed by atoms with Crippen LogP contribution in [0.3, 0.4) is 0 Å². The maximum atomic E-state index is 12.1. The number of carbonyl (C=O) groups excluding carboxylic acids is 2. The highest BCUT2D eigenvalue weighted by Crippen LogP contribution is 2.23. The molecule has 0 spiro atoms. The third-order valence-electron chi connectivity index (χ3n) is 3.26. The molecule has 2 aromatic carbocycles. The SMILES string of the molecule is Cc1cccc(NC(=O)[C@H](C)OC(=O)c2ccc(OC(F)(F)F)cc2)c1. The molecule has 0 saturated heterocycles. The van der Waals surface area contributed by atoms with Crippen molar-refractivity contribution in [2.24, 2.45) is 0 Å². The van der Waals surface area contributed by atoms with Gasteiger partial charge < -0.3 is 14.8 Å². The predicted octanol–water partition coefficient (Wildman–Crippen LogP) is 4.08. The van der Waals surface area contributed by atoms with Gasteiger partial charge >= 0.3 is 12.3 Å². The number of benzene rings is 2. The van der Waals surface area contributed by atoms with E-state index in [0.29, 0.717) is 5.69 Å². The summed E-state index contributed by atoms with van der Waals surface area (Å²) in [5.41, 5.74) is 1.51. The number of ether oxygens (including phenoxy) is 2. The van der Waals surface area contributed by atoms with Crippen molar-refractivity contribution in [1.29, 1.82) is 0 Å². The molecule has 0 aliphatic rings. The van der Waals surface area contributed by atoms with Gasteiger partial charge in [0.05, 0.1) is 5.56 Å². The van der Waals surface area contributed by atoms with Gasteiger partial charge in [0.2, 0.25) is 0 Å². The Hall–Kier alpha value is -3.03. The standard InChI is InChI=1S/C18H16F3NO4/c1-11-4-3-5-14(10-11)22-16(23)12(2)25-17(24)13-6-8-15(9-7-13)26-18(19,20)21/h3-10,12H,1-2H3,(H,22,23)/t12-/m0/s1. The molecule has 26 heavy (non-hydrogen) atoms. The summed E-state index contributed by atoms with van der Waals surface area (Å²) in [5, 5.41) is 2.61. The van der Waals surface area contributed by atoms with E-state index >= 15 is 0 Å². The molecule has 5 nitrogen and oxygen atoms in total. The van der Waals surface area contributed by atoms with E-state index in [1.807, 2.05) is 13.0 Å². The summed E-state index contributed by atoms with van der Waals surface area (Å²) in [6.45, 7) is 3.26. The molecule has 8 heteroatoms. The van der Waals surface area contributed by atoms with Gasteiger partial charge in [-0.25, -0.2) is 4.79 Å². The molecule has 0 radical (unpaired) electrons. The van der Waals surface area contributed by atoms with E-state index in [9.17, 15) is 22.8 Å². The smallest absolute Gasteiger partial charge is 0.449 e. The Morgan fingerprint density at radius 3 is 2.31 bits per heavy atom. The first kappa shape index (κ1) is 19.3. The molecule has 2 rings (SSSR count). The fourth-order valence-electron chi connectivity index (χ4n) is 2.04. The van der Waals surface area contributed by atoms with Crippen LogP contribution in [0.25, 0.3) is 0 Å². The van der Waals surface area contributed by atoms with Crippen LogP contribution in [0.15, 0.2) is 48.5 Å². The molecule has 138 valence electrons. The molecule has 1 amide bonds. The molecular weight excluding hydrogens is 351 g/mol. The number of aryl methyl sites for hydroxylation is 1. The average molecular weight is 367 g/mol. The number of nitrogens with one attached hydrogen (secondary N) is 1. The monoisotopic (exact) mass is 367 g/mol. The van der Waals surface area contributed by atoms with Crippen LogP contribution in [0.2, 0.25) is 0 Å². The first-order valence-electron chi connectivity index (χ1n) is 7.58. The van der Waals surface area contributed by atoms with Gasteiger partial charge in [0.1, 0.15) is 5.75 Å². The Morgan fingerprint density at radius 2 is 1.73 bits per heavy atom. The summed E-state index contributed by atoms with van der Waals surface area (Å²) in [5.74, 6) is -1.82. The van der Waals surface area contributed by atoms with Crippen LogP contribution in [0.1, 0.15) is 22.8 Å². The van der Waals surface area contributed by atoms with Gasteiger partial charge in [0.15, 0.2) is 6.10 Å². The highest BCUT2D eigenvalue weighted by Gasteiger charge is 2.31. The van der Waals surface area contributed by atoms with Crippen LogP contribution >= 0.6 is 0 Å². The van der Waals surface area contributed by atoms with Crippen molar-refractivity contribution >= 4 is 17.6 Å². The Labute approximate surface area is 147 Å². The number of amides is 1. The van der Waals surface area contributed by atoms with E-state index in [-0.39, 0.29) is 5.56 Å². The fraction of sp³-hybridized carbons (Fsp3) is 0.222. The van der Waals surface area contributed by atoms with Gasteiger partial charge in [-0.05, 0) is 55.8 Å². The van der Waals surface area contributed by atoms with Crippen molar-refractivity contribution in [2.75, 3.05) is 5.32 Å². The molecule has 2 aromatic rings. The molecule has 1 N–H and O–H groups in total. The van der Waals surface area contributed by atoms with Gasteiger partial charge in [0.25, 0.3) is 5.91 Å². The van der Waals surface area contributed by atoms with Gasteiger partial charge in [0, 0.05) is 5.69 Å². The molecule has 0 aliphatic heterocycles. The normalized spacial score (nSPS) is 12.2. The molecule has 0 bridgehead atoms. The number of carbonyl (C=O) groups is 2. The molecule has 0 aliphatic carbocycles. The Bertz CT molecular complexity index is 788. The van der Waals surface area contributed by atoms with Crippen LogP contribution in [0.5, 0.6) is 5.75 Å². The third-order valence-corrected chi connectivity index (χ3v) is 3.26. The van der Waals surface area contributed by atoms with Gasteiger partial charge in [-0.2, -0.15) is 0 Å². The molecule has 0 fully saturated rings.